The molecule has 3 aromatic carbocycles. The summed E-state index contributed by atoms with van der Waals surface area (Å²) in [6.07, 6.45) is 1.44. The van der Waals surface area contributed by atoms with Crippen LogP contribution < -0.4 is 14.8 Å². The van der Waals surface area contributed by atoms with Gasteiger partial charge in [-0.3, -0.25) is 14.5 Å². The van der Waals surface area contributed by atoms with Crippen molar-refractivity contribution in [1.82, 2.24) is 4.72 Å². The van der Waals surface area contributed by atoms with Gasteiger partial charge in [-0.1, -0.05) is 36.4 Å². The molecule has 0 radical (unpaired) electrons. The molecule has 31 heavy (non-hydrogen) atoms. The van der Waals surface area contributed by atoms with E-state index in [0.29, 0.717) is 41.6 Å². The van der Waals surface area contributed by atoms with Crippen molar-refractivity contribution in [2.75, 3.05) is 11.9 Å². The van der Waals surface area contributed by atoms with Gasteiger partial charge in [-0.25, -0.2) is 8.42 Å². The summed E-state index contributed by atoms with van der Waals surface area (Å²) in [5.41, 5.74) is 0.689. The van der Waals surface area contributed by atoms with E-state index in [1.165, 1.54) is 12.1 Å². The first-order valence-corrected chi connectivity index (χ1v) is 11.3. The summed E-state index contributed by atoms with van der Waals surface area (Å²) in [5.74, 6) is 1.06. The quantitative estimate of drug-likeness (QED) is 0.606. The highest BCUT2D eigenvalue weighted by atomic mass is 32.2. The standard InChI is InChI=1S/C23H21N3O4S/c27-23(20-12-4-5-13-21(20)30-18-9-2-1-3-10-18)25-17-8-6-11-19(16-17)31(28,29)26-22-14-7-15-24-22/h1-6,8-13,16H,7,14-15H2,(H,24,26)(H,25,27). The van der Waals surface area contributed by atoms with Gasteiger partial charge in [-0.15, -0.1) is 0 Å². The van der Waals surface area contributed by atoms with Crippen LogP contribution >= 0.6 is 0 Å². The molecule has 158 valence electrons. The number of para-hydroxylation sites is 2. The molecule has 0 aliphatic carbocycles. The van der Waals surface area contributed by atoms with Gasteiger partial charge in [0.25, 0.3) is 15.9 Å². The Hall–Kier alpha value is -3.65. The Labute approximate surface area is 180 Å². The van der Waals surface area contributed by atoms with Crippen LogP contribution in [0, 0.1) is 0 Å². The Morgan fingerprint density at radius 1 is 0.935 bits per heavy atom. The molecular formula is C23H21N3O4S. The van der Waals surface area contributed by atoms with E-state index in [1.807, 2.05) is 18.2 Å². The number of amides is 1. The Balaban J connectivity index is 1.53. The molecule has 4 rings (SSSR count). The molecule has 0 saturated carbocycles. The number of rotatable bonds is 6. The lowest BCUT2D eigenvalue weighted by Crippen LogP contribution is -2.29. The highest BCUT2D eigenvalue weighted by Gasteiger charge is 2.19. The fraction of sp³-hybridized carbons (Fsp3) is 0.130. The number of hydrogen-bond acceptors (Lipinski definition) is 5. The van der Waals surface area contributed by atoms with Crippen LogP contribution in [-0.4, -0.2) is 26.7 Å². The van der Waals surface area contributed by atoms with Crippen LogP contribution in [0.25, 0.3) is 0 Å². The molecule has 0 atom stereocenters. The number of benzene rings is 3. The molecule has 0 bridgehead atoms. The van der Waals surface area contributed by atoms with Crippen LogP contribution in [0.1, 0.15) is 23.2 Å². The molecule has 0 spiro atoms. The van der Waals surface area contributed by atoms with Crippen molar-refractivity contribution in [2.24, 2.45) is 4.99 Å². The fourth-order valence-electron chi connectivity index (χ4n) is 3.14. The Morgan fingerprint density at radius 3 is 2.48 bits per heavy atom. The number of amidine groups is 1. The molecule has 2 N–H and O–H groups in total. The maximum Gasteiger partial charge on any atom is 0.262 e. The van der Waals surface area contributed by atoms with E-state index in [2.05, 4.69) is 15.0 Å². The molecule has 0 unspecified atom stereocenters. The van der Waals surface area contributed by atoms with E-state index in [1.54, 1.807) is 48.5 Å². The van der Waals surface area contributed by atoms with Crippen molar-refractivity contribution in [3.05, 3.63) is 84.4 Å². The maximum atomic E-state index is 12.9. The third-order valence-corrected chi connectivity index (χ3v) is 6.01. The lowest BCUT2D eigenvalue weighted by molar-refractivity contribution is 0.102. The van der Waals surface area contributed by atoms with Crippen LogP contribution in [0.2, 0.25) is 0 Å². The van der Waals surface area contributed by atoms with Crippen molar-refractivity contribution < 1.29 is 17.9 Å². The van der Waals surface area contributed by atoms with Crippen LogP contribution in [0.3, 0.4) is 0 Å². The van der Waals surface area contributed by atoms with Crippen molar-refractivity contribution in [2.45, 2.75) is 17.7 Å². The zero-order chi connectivity index (χ0) is 21.7. The predicted octanol–water partition coefficient (Wildman–Crippen LogP) is 4.20. The highest BCUT2D eigenvalue weighted by Crippen LogP contribution is 2.26. The Bertz CT molecular complexity index is 1220. The molecule has 0 saturated heterocycles. The van der Waals surface area contributed by atoms with Crippen molar-refractivity contribution >= 4 is 27.5 Å². The lowest BCUT2D eigenvalue weighted by Gasteiger charge is -2.12. The molecule has 7 nitrogen and oxygen atoms in total. The van der Waals surface area contributed by atoms with E-state index < -0.39 is 15.9 Å². The van der Waals surface area contributed by atoms with Gasteiger partial charge in [-0.05, 0) is 48.9 Å². The number of nitrogens with one attached hydrogen (secondary N) is 2. The van der Waals surface area contributed by atoms with Crippen LogP contribution in [0.4, 0.5) is 5.69 Å². The largest absolute Gasteiger partial charge is 0.457 e. The van der Waals surface area contributed by atoms with Gasteiger partial charge < -0.3 is 10.1 Å². The second-order valence-electron chi connectivity index (χ2n) is 6.93. The summed E-state index contributed by atoms with van der Waals surface area (Å²) in [7, 11) is -3.77. The summed E-state index contributed by atoms with van der Waals surface area (Å²) >= 11 is 0. The SMILES string of the molecule is O=C(Nc1cccc(S(=O)(=O)NC2=NCCC2)c1)c1ccccc1Oc1ccccc1. The average Bonchev–Trinajstić information content (AvgIpc) is 3.27. The molecule has 0 fully saturated rings. The normalized spacial score (nSPS) is 13.4. The van der Waals surface area contributed by atoms with Gasteiger partial charge in [0.1, 0.15) is 17.3 Å². The summed E-state index contributed by atoms with van der Waals surface area (Å²) in [4.78, 5) is 17.1. The maximum absolute atomic E-state index is 12.9. The number of carbonyl (C=O) groups is 1. The first kappa shape index (κ1) is 20.6. The lowest BCUT2D eigenvalue weighted by atomic mass is 10.2. The highest BCUT2D eigenvalue weighted by molar-refractivity contribution is 7.90. The van der Waals surface area contributed by atoms with Gasteiger partial charge in [-0.2, -0.15) is 0 Å². The molecule has 3 aromatic rings. The van der Waals surface area contributed by atoms with E-state index in [4.69, 9.17) is 4.74 Å². The number of carbonyl (C=O) groups excluding carboxylic acids is 1. The van der Waals surface area contributed by atoms with Crippen LogP contribution in [0.5, 0.6) is 11.5 Å². The second kappa shape index (κ2) is 9.01. The number of aliphatic imine (C=N–C) groups is 1. The van der Waals surface area contributed by atoms with Crippen molar-refractivity contribution in [3.8, 4) is 11.5 Å². The van der Waals surface area contributed by atoms with Gasteiger partial charge >= 0.3 is 0 Å². The summed E-state index contributed by atoms with van der Waals surface area (Å²) < 4.78 is 33.6. The van der Waals surface area contributed by atoms with Gasteiger partial charge in [0.2, 0.25) is 0 Å². The third kappa shape index (κ3) is 5.10. The third-order valence-electron chi connectivity index (χ3n) is 4.63. The Kier molecular flexibility index (Phi) is 5.99. The average molecular weight is 436 g/mol. The smallest absolute Gasteiger partial charge is 0.262 e. The minimum Gasteiger partial charge on any atom is -0.457 e. The summed E-state index contributed by atoms with van der Waals surface area (Å²) in [6, 6.07) is 22.1. The first-order valence-electron chi connectivity index (χ1n) is 9.81. The monoisotopic (exact) mass is 435 g/mol. The summed E-state index contributed by atoms with van der Waals surface area (Å²) in [5, 5.41) is 2.75. The first-order chi connectivity index (χ1) is 15.0. The number of sulfonamides is 1. The van der Waals surface area contributed by atoms with Crippen LogP contribution in [-0.2, 0) is 10.0 Å². The van der Waals surface area contributed by atoms with E-state index >= 15 is 0 Å². The minimum absolute atomic E-state index is 0.0497. The van der Waals surface area contributed by atoms with Gasteiger partial charge in [0.15, 0.2) is 0 Å². The molecular weight excluding hydrogens is 414 g/mol. The van der Waals surface area contributed by atoms with Gasteiger partial charge in [0.05, 0.1) is 10.5 Å². The van der Waals surface area contributed by atoms with Crippen LogP contribution in [0.15, 0.2) is 88.8 Å². The summed E-state index contributed by atoms with van der Waals surface area (Å²) in [6.45, 7) is 0.623. The zero-order valence-corrected chi connectivity index (χ0v) is 17.4. The zero-order valence-electron chi connectivity index (χ0n) is 16.6. The number of anilines is 1. The minimum atomic E-state index is -3.77. The molecule has 1 aliphatic heterocycles. The number of ether oxygens (including phenoxy) is 1. The van der Waals surface area contributed by atoms with E-state index in [9.17, 15) is 13.2 Å². The van der Waals surface area contributed by atoms with E-state index in [-0.39, 0.29) is 4.90 Å². The molecule has 1 aliphatic rings. The second-order valence-corrected chi connectivity index (χ2v) is 8.61. The number of hydrogen-bond donors (Lipinski definition) is 2. The van der Waals surface area contributed by atoms with Crippen molar-refractivity contribution in [1.29, 1.82) is 0 Å². The molecule has 0 aromatic heterocycles. The molecule has 8 heteroatoms. The molecule has 1 amide bonds. The van der Waals surface area contributed by atoms with Gasteiger partial charge in [0, 0.05) is 18.7 Å². The van der Waals surface area contributed by atoms with Crippen molar-refractivity contribution in [3.63, 3.8) is 0 Å². The number of nitrogens with zero attached hydrogens (tertiary/aromatic N) is 1. The fourth-order valence-corrected chi connectivity index (χ4v) is 4.27. The Morgan fingerprint density at radius 2 is 1.71 bits per heavy atom. The predicted molar refractivity (Wildman–Crippen MR) is 119 cm³/mol. The van der Waals surface area contributed by atoms with E-state index in [0.717, 1.165) is 6.42 Å². The topological polar surface area (TPSA) is 96.9 Å². The molecule has 1 heterocycles.